The quantitative estimate of drug-likeness (QED) is 0.461. The molecule has 0 aliphatic carbocycles. The van der Waals surface area contributed by atoms with Crippen molar-refractivity contribution in [1.82, 2.24) is 9.78 Å². The molecule has 0 bridgehead atoms. The number of nitrogens with zero attached hydrogens (tertiary/aromatic N) is 3. The highest BCUT2D eigenvalue weighted by Gasteiger charge is 2.36. The Kier molecular flexibility index (Phi) is 4.57. The van der Waals surface area contributed by atoms with E-state index in [1.807, 2.05) is 0 Å². The fraction of sp³-hybridized carbons (Fsp3) is 0.250. The van der Waals surface area contributed by atoms with Crippen molar-refractivity contribution in [2.75, 3.05) is 7.11 Å². The number of benzene rings is 1. The van der Waals surface area contributed by atoms with Gasteiger partial charge in [-0.1, -0.05) is 0 Å². The first-order valence-electron chi connectivity index (χ1n) is 6.08. The Labute approximate surface area is 130 Å². The molecule has 2 rings (SSSR count). The molecule has 1 heterocycles. The first kappa shape index (κ1) is 17.4. The number of ether oxygens (including phenoxy) is 2. The second-order valence-electron chi connectivity index (χ2n) is 4.28. The SMILES string of the molecule is COc1cc(Oc2cc(C(F)(F)F)nn2C(F)F)ccc1[N+](=O)[O-]. The molecule has 0 spiro atoms. The molecule has 1 aromatic heterocycles. The summed E-state index contributed by atoms with van der Waals surface area (Å²) in [6.45, 7) is -3.38. The van der Waals surface area contributed by atoms with Crippen molar-refractivity contribution in [1.29, 1.82) is 0 Å². The number of nitro benzene ring substituents is 1. The van der Waals surface area contributed by atoms with Crippen LogP contribution in [0, 0.1) is 10.1 Å². The van der Waals surface area contributed by atoms with E-state index >= 15 is 0 Å². The summed E-state index contributed by atoms with van der Waals surface area (Å²) in [6.07, 6.45) is -4.94. The molecule has 7 nitrogen and oxygen atoms in total. The van der Waals surface area contributed by atoms with Crippen LogP contribution >= 0.6 is 0 Å². The molecule has 1 aromatic carbocycles. The van der Waals surface area contributed by atoms with Crippen LogP contribution in [0.15, 0.2) is 24.3 Å². The zero-order chi connectivity index (χ0) is 18.1. The minimum atomic E-state index is -4.94. The molecule has 0 unspecified atom stereocenters. The van der Waals surface area contributed by atoms with Crippen molar-refractivity contribution in [2.24, 2.45) is 0 Å². The molecule has 0 aliphatic rings. The van der Waals surface area contributed by atoms with Crippen LogP contribution in [-0.4, -0.2) is 21.8 Å². The van der Waals surface area contributed by atoms with E-state index in [9.17, 15) is 32.1 Å². The van der Waals surface area contributed by atoms with Crippen LogP contribution < -0.4 is 9.47 Å². The highest BCUT2D eigenvalue weighted by molar-refractivity contribution is 5.51. The summed E-state index contributed by atoms with van der Waals surface area (Å²) in [5.41, 5.74) is -1.99. The van der Waals surface area contributed by atoms with Crippen LogP contribution in [0.2, 0.25) is 0 Å². The topological polar surface area (TPSA) is 79.4 Å². The lowest BCUT2D eigenvalue weighted by Crippen LogP contribution is -2.08. The van der Waals surface area contributed by atoms with E-state index < -0.39 is 34.9 Å². The monoisotopic (exact) mass is 353 g/mol. The molecule has 130 valence electrons. The zero-order valence-corrected chi connectivity index (χ0v) is 11.8. The van der Waals surface area contributed by atoms with E-state index in [4.69, 9.17) is 9.47 Å². The summed E-state index contributed by atoms with van der Waals surface area (Å²) in [5.74, 6) is -1.38. The largest absolute Gasteiger partial charge is 0.490 e. The van der Waals surface area contributed by atoms with Gasteiger partial charge in [0.25, 0.3) is 0 Å². The number of methoxy groups -OCH3 is 1. The molecule has 0 saturated carbocycles. The Hall–Kier alpha value is -2.92. The maximum atomic E-state index is 12.8. The molecule has 0 radical (unpaired) electrons. The first-order valence-corrected chi connectivity index (χ1v) is 6.08. The van der Waals surface area contributed by atoms with Gasteiger partial charge < -0.3 is 9.47 Å². The third kappa shape index (κ3) is 3.52. The zero-order valence-electron chi connectivity index (χ0n) is 11.8. The standard InChI is InChI=1S/C12H8F5N3O4/c1-23-8-4-6(2-3-7(8)20(21)22)24-10-5-9(12(15,16)17)18-19(10)11(13)14/h2-5,11H,1H3. The van der Waals surface area contributed by atoms with Gasteiger partial charge >= 0.3 is 18.4 Å². The Morgan fingerprint density at radius 1 is 1.29 bits per heavy atom. The molecule has 24 heavy (non-hydrogen) atoms. The molecule has 0 atom stereocenters. The van der Waals surface area contributed by atoms with Crippen LogP contribution in [0.25, 0.3) is 0 Å². The van der Waals surface area contributed by atoms with Crippen molar-refractivity contribution in [3.63, 3.8) is 0 Å². The molecule has 12 heteroatoms. The summed E-state index contributed by atoms with van der Waals surface area (Å²) in [5, 5.41) is 13.5. The molecular weight excluding hydrogens is 345 g/mol. The van der Waals surface area contributed by atoms with Gasteiger partial charge in [-0.25, -0.2) is 0 Å². The number of nitro groups is 1. The smallest absolute Gasteiger partial charge is 0.435 e. The second kappa shape index (κ2) is 6.29. The minimum absolute atomic E-state index is 0.243. The highest BCUT2D eigenvalue weighted by Crippen LogP contribution is 2.36. The maximum Gasteiger partial charge on any atom is 0.435 e. The number of hydrogen-bond donors (Lipinski definition) is 0. The van der Waals surface area contributed by atoms with Gasteiger partial charge in [-0.2, -0.15) is 31.7 Å². The third-order valence-corrected chi connectivity index (χ3v) is 2.75. The van der Waals surface area contributed by atoms with Gasteiger partial charge in [0.05, 0.1) is 12.0 Å². The highest BCUT2D eigenvalue weighted by atomic mass is 19.4. The van der Waals surface area contributed by atoms with Crippen molar-refractivity contribution in [2.45, 2.75) is 12.7 Å². The summed E-state index contributed by atoms with van der Waals surface area (Å²) < 4.78 is 72.7. The molecule has 0 aliphatic heterocycles. The van der Waals surface area contributed by atoms with E-state index in [-0.39, 0.29) is 16.2 Å². The molecule has 2 aromatic rings. The average Bonchev–Trinajstić information content (AvgIpc) is 2.91. The molecule has 0 amide bonds. The molecule has 0 saturated heterocycles. The van der Waals surface area contributed by atoms with Gasteiger partial charge in [-0.05, 0) is 6.07 Å². The van der Waals surface area contributed by atoms with E-state index in [1.165, 1.54) is 0 Å². The fourth-order valence-electron chi connectivity index (χ4n) is 1.72. The van der Waals surface area contributed by atoms with Crippen molar-refractivity contribution in [3.8, 4) is 17.4 Å². The Bertz CT molecular complexity index is 760. The van der Waals surface area contributed by atoms with Crippen LogP contribution in [0.4, 0.5) is 27.6 Å². The van der Waals surface area contributed by atoms with Crippen molar-refractivity contribution >= 4 is 5.69 Å². The Morgan fingerprint density at radius 3 is 2.46 bits per heavy atom. The number of aromatic nitrogens is 2. The van der Waals surface area contributed by atoms with Crippen LogP contribution in [0.3, 0.4) is 0 Å². The van der Waals surface area contributed by atoms with Gasteiger partial charge in [0.15, 0.2) is 5.69 Å². The number of halogens is 5. The maximum absolute atomic E-state index is 12.8. The second-order valence-corrected chi connectivity index (χ2v) is 4.28. The van der Waals surface area contributed by atoms with E-state index in [1.54, 1.807) is 0 Å². The molecule has 0 fully saturated rings. The predicted molar refractivity (Wildman–Crippen MR) is 68.2 cm³/mol. The molecular formula is C12H8F5N3O4. The lowest BCUT2D eigenvalue weighted by molar-refractivity contribution is -0.385. The van der Waals surface area contributed by atoms with Gasteiger partial charge in [0.2, 0.25) is 11.6 Å². The predicted octanol–water partition coefficient (Wildman–Crippen LogP) is 4.01. The summed E-state index contributed by atoms with van der Waals surface area (Å²) >= 11 is 0. The van der Waals surface area contributed by atoms with Crippen molar-refractivity contribution in [3.05, 3.63) is 40.1 Å². The third-order valence-electron chi connectivity index (χ3n) is 2.75. The van der Waals surface area contributed by atoms with Gasteiger partial charge in [0, 0.05) is 18.2 Å². The Balaban J connectivity index is 2.40. The van der Waals surface area contributed by atoms with E-state index in [0.29, 0.717) is 6.07 Å². The fourth-order valence-corrected chi connectivity index (χ4v) is 1.72. The average molecular weight is 353 g/mol. The van der Waals surface area contributed by atoms with Crippen LogP contribution in [0.5, 0.6) is 17.4 Å². The van der Waals surface area contributed by atoms with E-state index in [0.717, 1.165) is 25.3 Å². The molecule has 0 N–H and O–H groups in total. The van der Waals surface area contributed by atoms with E-state index in [2.05, 4.69) is 5.10 Å². The number of hydrogen-bond acceptors (Lipinski definition) is 5. The first-order chi connectivity index (χ1) is 11.1. The van der Waals surface area contributed by atoms with Gasteiger partial charge in [-0.3, -0.25) is 10.1 Å². The van der Waals surface area contributed by atoms with Gasteiger partial charge in [0.1, 0.15) is 5.75 Å². The van der Waals surface area contributed by atoms with Gasteiger partial charge in [-0.15, -0.1) is 0 Å². The lowest BCUT2D eigenvalue weighted by Gasteiger charge is -2.09. The summed E-state index contributed by atoms with van der Waals surface area (Å²) in [4.78, 5) is 10.00. The number of rotatable bonds is 5. The van der Waals surface area contributed by atoms with Crippen molar-refractivity contribution < 1.29 is 36.3 Å². The van der Waals surface area contributed by atoms with Crippen LogP contribution in [-0.2, 0) is 6.18 Å². The normalized spacial score (nSPS) is 11.6. The minimum Gasteiger partial charge on any atom is -0.490 e. The van der Waals surface area contributed by atoms with Crippen LogP contribution in [0.1, 0.15) is 12.2 Å². The number of alkyl halides is 5. The lowest BCUT2D eigenvalue weighted by atomic mass is 10.3. The summed E-state index contributed by atoms with van der Waals surface area (Å²) in [6, 6.07) is 3.26. The Morgan fingerprint density at radius 2 is 1.96 bits per heavy atom. The summed E-state index contributed by atoms with van der Waals surface area (Å²) in [7, 11) is 1.12.